The SMILES string of the molecule is FC(F)Oc1ccccc1CNCC1(C2CC2)CC1. The van der Waals surface area contributed by atoms with Gasteiger partial charge in [-0.2, -0.15) is 8.78 Å². The van der Waals surface area contributed by atoms with Crippen LogP contribution in [0.2, 0.25) is 0 Å². The van der Waals surface area contributed by atoms with Crippen molar-refractivity contribution in [2.75, 3.05) is 6.54 Å². The smallest absolute Gasteiger partial charge is 0.387 e. The highest BCUT2D eigenvalue weighted by Gasteiger charge is 2.53. The predicted octanol–water partition coefficient (Wildman–Crippen LogP) is 3.57. The third kappa shape index (κ3) is 3.06. The number of nitrogens with one attached hydrogen (secondary N) is 1. The Morgan fingerprint density at radius 1 is 1.26 bits per heavy atom. The fourth-order valence-corrected chi connectivity index (χ4v) is 2.89. The van der Waals surface area contributed by atoms with Crippen LogP contribution in [0.15, 0.2) is 24.3 Å². The second kappa shape index (κ2) is 5.08. The highest BCUT2D eigenvalue weighted by molar-refractivity contribution is 5.33. The standard InChI is InChI=1S/C15H19F2NO/c16-14(17)19-13-4-2-1-3-11(13)9-18-10-15(7-8-15)12-5-6-12/h1-4,12,14,18H,5-10H2. The van der Waals surface area contributed by atoms with E-state index < -0.39 is 6.61 Å². The van der Waals surface area contributed by atoms with Gasteiger partial charge in [0.15, 0.2) is 0 Å². The fourth-order valence-electron chi connectivity index (χ4n) is 2.89. The summed E-state index contributed by atoms with van der Waals surface area (Å²) in [6, 6.07) is 7.00. The molecule has 0 unspecified atom stereocenters. The summed E-state index contributed by atoms with van der Waals surface area (Å²) >= 11 is 0. The Bertz CT molecular complexity index is 442. The Hall–Kier alpha value is -1.16. The molecule has 2 fully saturated rings. The molecule has 0 aromatic heterocycles. The maximum absolute atomic E-state index is 12.3. The van der Waals surface area contributed by atoms with E-state index >= 15 is 0 Å². The summed E-state index contributed by atoms with van der Waals surface area (Å²) in [5.74, 6) is 1.19. The first-order valence-corrected chi connectivity index (χ1v) is 6.93. The molecule has 0 heterocycles. The van der Waals surface area contributed by atoms with E-state index in [1.807, 2.05) is 12.1 Å². The maximum Gasteiger partial charge on any atom is 0.387 e. The minimum atomic E-state index is -2.76. The third-order valence-electron chi connectivity index (χ3n) is 4.32. The lowest BCUT2D eigenvalue weighted by molar-refractivity contribution is -0.0505. The van der Waals surface area contributed by atoms with Gasteiger partial charge in [0.25, 0.3) is 0 Å². The average Bonchev–Trinajstić information content (AvgIpc) is 3.25. The van der Waals surface area contributed by atoms with Crippen LogP contribution in [0.5, 0.6) is 5.75 Å². The van der Waals surface area contributed by atoms with Gasteiger partial charge in [-0.3, -0.25) is 0 Å². The largest absolute Gasteiger partial charge is 0.434 e. The van der Waals surface area contributed by atoms with Crippen molar-refractivity contribution in [3.05, 3.63) is 29.8 Å². The van der Waals surface area contributed by atoms with Crippen molar-refractivity contribution in [2.45, 2.75) is 38.8 Å². The fraction of sp³-hybridized carbons (Fsp3) is 0.600. The molecule has 1 N–H and O–H groups in total. The minimum Gasteiger partial charge on any atom is -0.434 e. The Labute approximate surface area is 112 Å². The number of ether oxygens (including phenoxy) is 1. The van der Waals surface area contributed by atoms with Crippen LogP contribution in [0, 0.1) is 11.3 Å². The summed E-state index contributed by atoms with van der Waals surface area (Å²) < 4.78 is 29.1. The quantitative estimate of drug-likeness (QED) is 0.815. The van der Waals surface area contributed by atoms with Crippen LogP contribution in [-0.4, -0.2) is 13.2 Å². The van der Waals surface area contributed by atoms with Gasteiger partial charge in [-0.15, -0.1) is 0 Å². The van der Waals surface area contributed by atoms with Crippen molar-refractivity contribution in [2.24, 2.45) is 11.3 Å². The molecule has 0 aliphatic heterocycles. The Morgan fingerprint density at radius 2 is 2.00 bits per heavy atom. The Kier molecular flexibility index (Phi) is 3.44. The highest BCUT2D eigenvalue weighted by atomic mass is 19.3. The molecule has 2 aliphatic rings. The van der Waals surface area contributed by atoms with Gasteiger partial charge >= 0.3 is 6.61 Å². The van der Waals surface area contributed by atoms with Crippen LogP contribution in [0.1, 0.15) is 31.2 Å². The zero-order chi connectivity index (χ0) is 13.3. The molecule has 0 saturated heterocycles. The van der Waals surface area contributed by atoms with Gasteiger partial charge in [0.2, 0.25) is 0 Å². The highest BCUT2D eigenvalue weighted by Crippen LogP contribution is 2.60. The van der Waals surface area contributed by atoms with E-state index in [0.29, 0.717) is 12.0 Å². The summed E-state index contributed by atoms with van der Waals surface area (Å²) in [5, 5.41) is 3.41. The first-order chi connectivity index (χ1) is 9.20. The van der Waals surface area contributed by atoms with E-state index in [9.17, 15) is 8.78 Å². The van der Waals surface area contributed by atoms with Crippen molar-refractivity contribution >= 4 is 0 Å². The second-order valence-corrected chi connectivity index (χ2v) is 5.73. The number of rotatable bonds is 7. The summed E-state index contributed by atoms with van der Waals surface area (Å²) in [6.45, 7) is -1.17. The van der Waals surface area contributed by atoms with Gasteiger partial charge in [0.05, 0.1) is 0 Å². The minimum absolute atomic E-state index is 0.279. The number of hydrogen-bond acceptors (Lipinski definition) is 2. The molecule has 3 rings (SSSR count). The van der Waals surface area contributed by atoms with E-state index in [-0.39, 0.29) is 5.75 Å². The molecule has 2 aliphatic carbocycles. The lowest BCUT2D eigenvalue weighted by Gasteiger charge is -2.16. The molecule has 1 aromatic rings. The molecular weight excluding hydrogens is 248 g/mol. The van der Waals surface area contributed by atoms with Crippen LogP contribution in [0.4, 0.5) is 8.78 Å². The van der Waals surface area contributed by atoms with Crippen LogP contribution in [0.3, 0.4) is 0 Å². The Balaban J connectivity index is 1.54. The monoisotopic (exact) mass is 267 g/mol. The number of alkyl halides is 2. The van der Waals surface area contributed by atoms with Gasteiger partial charge in [-0.05, 0) is 43.1 Å². The van der Waals surface area contributed by atoms with Crippen molar-refractivity contribution < 1.29 is 13.5 Å². The summed E-state index contributed by atoms with van der Waals surface area (Å²) in [7, 11) is 0. The van der Waals surface area contributed by atoms with Crippen molar-refractivity contribution in [3.63, 3.8) is 0 Å². The predicted molar refractivity (Wildman–Crippen MR) is 69.2 cm³/mol. The van der Waals surface area contributed by atoms with E-state index in [1.54, 1.807) is 12.1 Å². The van der Waals surface area contributed by atoms with E-state index in [2.05, 4.69) is 10.1 Å². The summed E-state index contributed by atoms with van der Waals surface area (Å²) in [5.41, 5.74) is 1.33. The molecule has 0 spiro atoms. The van der Waals surface area contributed by atoms with E-state index in [0.717, 1.165) is 18.0 Å². The van der Waals surface area contributed by atoms with Gasteiger partial charge in [-0.25, -0.2) is 0 Å². The molecule has 0 atom stereocenters. The third-order valence-corrected chi connectivity index (χ3v) is 4.32. The second-order valence-electron chi connectivity index (χ2n) is 5.73. The first kappa shape index (κ1) is 12.9. The molecule has 19 heavy (non-hydrogen) atoms. The molecule has 0 radical (unpaired) electrons. The topological polar surface area (TPSA) is 21.3 Å². The lowest BCUT2D eigenvalue weighted by atomic mass is 10.0. The molecule has 1 aromatic carbocycles. The number of benzene rings is 1. The van der Waals surface area contributed by atoms with Gasteiger partial charge in [0, 0.05) is 18.7 Å². The summed E-state index contributed by atoms with van der Waals surface area (Å²) in [6.07, 6.45) is 5.37. The number of para-hydroxylation sites is 1. The van der Waals surface area contributed by atoms with Crippen LogP contribution >= 0.6 is 0 Å². The van der Waals surface area contributed by atoms with Crippen molar-refractivity contribution in [1.82, 2.24) is 5.32 Å². The zero-order valence-corrected chi connectivity index (χ0v) is 10.9. The molecular formula is C15H19F2NO. The molecule has 0 bridgehead atoms. The lowest BCUT2D eigenvalue weighted by Crippen LogP contribution is -2.25. The molecule has 2 saturated carbocycles. The van der Waals surface area contributed by atoms with Crippen LogP contribution < -0.4 is 10.1 Å². The normalized spacial score (nSPS) is 20.6. The van der Waals surface area contributed by atoms with E-state index in [4.69, 9.17) is 0 Å². The molecule has 0 amide bonds. The van der Waals surface area contributed by atoms with Crippen LogP contribution in [-0.2, 0) is 6.54 Å². The van der Waals surface area contributed by atoms with Crippen molar-refractivity contribution in [3.8, 4) is 5.75 Å². The number of hydrogen-bond donors (Lipinski definition) is 1. The molecule has 4 heteroatoms. The molecule has 104 valence electrons. The average molecular weight is 267 g/mol. The maximum atomic E-state index is 12.3. The zero-order valence-electron chi connectivity index (χ0n) is 10.9. The number of halogens is 2. The Morgan fingerprint density at radius 3 is 2.63 bits per heavy atom. The van der Waals surface area contributed by atoms with Gasteiger partial charge < -0.3 is 10.1 Å². The van der Waals surface area contributed by atoms with Crippen LogP contribution in [0.25, 0.3) is 0 Å². The van der Waals surface area contributed by atoms with Gasteiger partial charge in [-0.1, -0.05) is 18.2 Å². The summed E-state index contributed by atoms with van der Waals surface area (Å²) in [4.78, 5) is 0. The first-order valence-electron chi connectivity index (χ1n) is 6.93. The van der Waals surface area contributed by atoms with Gasteiger partial charge in [0.1, 0.15) is 5.75 Å². The van der Waals surface area contributed by atoms with E-state index in [1.165, 1.54) is 25.7 Å². The van der Waals surface area contributed by atoms with Crippen molar-refractivity contribution in [1.29, 1.82) is 0 Å². The molecule has 2 nitrogen and oxygen atoms in total.